The van der Waals surface area contributed by atoms with E-state index in [0.29, 0.717) is 36.2 Å². The first kappa shape index (κ1) is 15.8. The minimum atomic E-state index is 0.358. The summed E-state index contributed by atoms with van der Waals surface area (Å²) in [5.74, 6) is 1.50. The van der Waals surface area contributed by atoms with Gasteiger partial charge in [0, 0.05) is 31.6 Å². The maximum absolute atomic E-state index is 12.4. The van der Waals surface area contributed by atoms with Crippen molar-refractivity contribution in [2.75, 3.05) is 13.1 Å². The number of likely N-dealkylation sites (tertiary alicyclic amines) is 1. The van der Waals surface area contributed by atoms with Crippen molar-refractivity contribution < 1.29 is 4.79 Å². The van der Waals surface area contributed by atoms with Crippen molar-refractivity contribution in [3.05, 3.63) is 0 Å². The van der Waals surface area contributed by atoms with E-state index in [1.165, 1.54) is 38.5 Å². The smallest absolute Gasteiger partial charge is 0.222 e. The molecule has 0 spiro atoms. The van der Waals surface area contributed by atoms with Crippen molar-refractivity contribution in [3.8, 4) is 0 Å². The molecule has 0 aromatic rings. The molecular formula is C17H32N2O. The number of piperidine rings is 1. The molecule has 2 unspecified atom stereocenters. The molecule has 1 aliphatic heterocycles. The normalized spacial score (nSPS) is 28.3. The summed E-state index contributed by atoms with van der Waals surface area (Å²) in [6, 6.07) is 1.23. The Morgan fingerprint density at radius 2 is 1.90 bits per heavy atom. The molecule has 0 radical (unpaired) electrons. The van der Waals surface area contributed by atoms with Crippen molar-refractivity contribution in [1.29, 1.82) is 0 Å². The Balaban J connectivity index is 1.90. The number of nitrogens with zero attached hydrogens (tertiary/aromatic N) is 1. The van der Waals surface area contributed by atoms with Crippen LogP contribution in [-0.4, -0.2) is 36.0 Å². The maximum atomic E-state index is 12.4. The molecule has 1 N–H and O–H groups in total. The third kappa shape index (κ3) is 4.47. The van der Waals surface area contributed by atoms with Crippen LogP contribution < -0.4 is 5.32 Å². The monoisotopic (exact) mass is 280 g/mol. The molecule has 20 heavy (non-hydrogen) atoms. The van der Waals surface area contributed by atoms with Crippen LogP contribution in [0.2, 0.25) is 0 Å². The average Bonchev–Trinajstić information content (AvgIpc) is 2.90. The van der Waals surface area contributed by atoms with Gasteiger partial charge in [-0.15, -0.1) is 0 Å². The summed E-state index contributed by atoms with van der Waals surface area (Å²) in [7, 11) is 0. The molecule has 0 aromatic heterocycles. The summed E-state index contributed by atoms with van der Waals surface area (Å²) >= 11 is 0. The predicted molar refractivity (Wildman–Crippen MR) is 83.6 cm³/mol. The summed E-state index contributed by atoms with van der Waals surface area (Å²) in [6.45, 7) is 8.43. The fraction of sp³-hybridized carbons (Fsp3) is 0.941. The van der Waals surface area contributed by atoms with Crippen LogP contribution in [0.5, 0.6) is 0 Å². The van der Waals surface area contributed by atoms with Gasteiger partial charge in [-0.1, -0.05) is 40.0 Å². The highest BCUT2D eigenvalue weighted by atomic mass is 16.2. The lowest BCUT2D eigenvalue weighted by molar-refractivity contribution is -0.134. The lowest BCUT2D eigenvalue weighted by atomic mass is 9.91. The van der Waals surface area contributed by atoms with Crippen molar-refractivity contribution in [2.24, 2.45) is 11.8 Å². The number of carbonyl (C=O) groups excluding carboxylic acids is 1. The summed E-state index contributed by atoms with van der Waals surface area (Å²) in [4.78, 5) is 14.5. The Hall–Kier alpha value is -0.570. The van der Waals surface area contributed by atoms with Gasteiger partial charge >= 0.3 is 0 Å². The Labute approximate surface area is 124 Å². The van der Waals surface area contributed by atoms with Crippen LogP contribution in [0.15, 0.2) is 0 Å². The lowest BCUT2D eigenvalue weighted by Crippen LogP contribution is -2.53. The molecule has 1 saturated carbocycles. The van der Waals surface area contributed by atoms with Gasteiger partial charge in [0.25, 0.3) is 0 Å². The molecular weight excluding hydrogens is 248 g/mol. The van der Waals surface area contributed by atoms with Crippen LogP contribution in [0.1, 0.15) is 65.7 Å². The van der Waals surface area contributed by atoms with E-state index in [9.17, 15) is 4.79 Å². The zero-order valence-electron chi connectivity index (χ0n) is 13.5. The minimum Gasteiger partial charge on any atom is -0.341 e. The molecule has 1 aliphatic carbocycles. The zero-order valence-corrected chi connectivity index (χ0v) is 13.5. The van der Waals surface area contributed by atoms with E-state index in [0.717, 1.165) is 13.1 Å². The Morgan fingerprint density at radius 3 is 2.50 bits per heavy atom. The summed E-state index contributed by atoms with van der Waals surface area (Å²) in [6.07, 6.45) is 8.54. The van der Waals surface area contributed by atoms with Gasteiger partial charge in [-0.25, -0.2) is 0 Å². The van der Waals surface area contributed by atoms with Gasteiger partial charge in [-0.05, 0) is 31.1 Å². The molecule has 2 fully saturated rings. The second-order valence-electron chi connectivity index (χ2n) is 7.25. The van der Waals surface area contributed by atoms with Gasteiger partial charge < -0.3 is 10.2 Å². The Kier molecular flexibility index (Phi) is 5.88. The van der Waals surface area contributed by atoms with E-state index in [-0.39, 0.29) is 0 Å². The second-order valence-corrected chi connectivity index (χ2v) is 7.25. The molecule has 1 amide bonds. The third-order valence-corrected chi connectivity index (χ3v) is 4.88. The van der Waals surface area contributed by atoms with E-state index in [1.807, 2.05) is 0 Å². The van der Waals surface area contributed by atoms with Gasteiger partial charge in [-0.2, -0.15) is 0 Å². The maximum Gasteiger partial charge on any atom is 0.222 e. The highest BCUT2D eigenvalue weighted by molar-refractivity contribution is 5.76. The molecule has 0 bridgehead atoms. The molecule has 1 heterocycles. The van der Waals surface area contributed by atoms with Crippen molar-refractivity contribution in [3.63, 3.8) is 0 Å². The molecule has 2 atom stereocenters. The fourth-order valence-corrected chi connectivity index (χ4v) is 3.73. The highest BCUT2D eigenvalue weighted by Gasteiger charge is 2.30. The van der Waals surface area contributed by atoms with E-state index in [4.69, 9.17) is 0 Å². The van der Waals surface area contributed by atoms with Gasteiger partial charge in [-0.3, -0.25) is 4.79 Å². The van der Waals surface area contributed by atoms with E-state index in [1.54, 1.807) is 0 Å². The first-order valence-corrected chi connectivity index (χ1v) is 8.62. The summed E-state index contributed by atoms with van der Waals surface area (Å²) < 4.78 is 0. The highest BCUT2D eigenvalue weighted by Crippen LogP contribution is 2.24. The van der Waals surface area contributed by atoms with Crippen LogP contribution in [0.4, 0.5) is 0 Å². The Bertz CT molecular complexity index is 310. The van der Waals surface area contributed by atoms with E-state index in [2.05, 4.69) is 31.0 Å². The second kappa shape index (κ2) is 7.44. The summed E-state index contributed by atoms with van der Waals surface area (Å²) in [5.41, 5.74) is 0. The quantitative estimate of drug-likeness (QED) is 0.839. The standard InChI is InChI=1S/C17H32N2O/c1-4-14-10-16(18-15-7-5-6-8-15)12-19(11-14)17(20)9-13(2)3/h13-16,18H,4-12H2,1-3H3. The lowest BCUT2D eigenvalue weighted by Gasteiger charge is -2.39. The van der Waals surface area contributed by atoms with Crippen LogP contribution in [0.3, 0.4) is 0 Å². The Morgan fingerprint density at radius 1 is 1.20 bits per heavy atom. The van der Waals surface area contributed by atoms with Gasteiger partial charge in [0.05, 0.1) is 0 Å². The molecule has 0 aromatic carbocycles. The molecule has 3 nitrogen and oxygen atoms in total. The van der Waals surface area contributed by atoms with E-state index < -0.39 is 0 Å². The molecule has 116 valence electrons. The number of hydrogen-bond acceptors (Lipinski definition) is 2. The predicted octanol–water partition coefficient (Wildman–Crippen LogP) is 3.19. The molecule has 2 rings (SSSR count). The first-order valence-electron chi connectivity index (χ1n) is 8.62. The number of carbonyl (C=O) groups is 1. The van der Waals surface area contributed by atoms with Crippen LogP contribution in [0, 0.1) is 11.8 Å². The number of nitrogens with one attached hydrogen (secondary N) is 1. The van der Waals surface area contributed by atoms with Crippen LogP contribution in [-0.2, 0) is 4.79 Å². The minimum absolute atomic E-state index is 0.358. The van der Waals surface area contributed by atoms with E-state index >= 15 is 0 Å². The number of rotatable bonds is 5. The van der Waals surface area contributed by atoms with Crippen LogP contribution >= 0.6 is 0 Å². The van der Waals surface area contributed by atoms with Gasteiger partial charge in [0.15, 0.2) is 0 Å². The van der Waals surface area contributed by atoms with Crippen molar-refractivity contribution >= 4 is 5.91 Å². The summed E-state index contributed by atoms with van der Waals surface area (Å²) in [5, 5.41) is 3.83. The average molecular weight is 280 g/mol. The molecule has 3 heteroatoms. The molecule has 2 aliphatic rings. The largest absolute Gasteiger partial charge is 0.341 e. The SMILES string of the molecule is CCC1CC(NC2CCCC2)CN(C(=O)CC(C)C)C1. The fourth-order valence-electron chi connectivity index (χ4n) is 3.73. The number of hydrogen-bond donors (Lipinski definition) is 1. The van der Waals surface area contributed by atoms with Crippen molar-refractivity contribution in [2.45, 2.75) is 77.8 Å². The van der Waals surface area contributed by atoms with Gasteiger partial charge in [0.2, 0.25) is 5.91 Å². The topological polar surface area (TPSA) is 32.3 Å². The first-order chi connectivity index (χ1) is 9.58. The number of amides is 1. The zero-order chi connectivity index (χ0) is 14.5. The van der Waals surface area contributed by atoms with Crippen molar-refractivity contribution in [1.82, 2.24) is 10.2 Å². The third-order valence-electron chi connectivity index (χ3n) is 4.88. The molecule has 1 saturated heterocycles. The van der Waals surface area contributed by atoms with Gasteiger partial charge in [0.1, 0.15) is 0 Å². The van der Waals surface area contributed by atoms with Crippen LogP contribution in [0.25, 0.3) is 0 Å².